The number of aromatic amines is 1. The Bertz CT molecular complexity index is 1030. The van der Waals surface area contributed by atoms with Gasteiger partial charge in [-0.1, -0.05) is 0 Å². The Hall–Kier alpha value is -2.85. The molecule has 4 N–H and O–H groups in total. The lowest BCUT2D eigenvalue weighted by Gasteiger charge is -2.02. The molecule has 3 aromatic rings. The Morgan fingerprint density at radius 2 is 1.95 bits per heavy atom. The molecule has 0 saturated heterocycles. The number of fused-ring (bicyclic) bond motifs is 1. The van der Waals surface area contributed by atoms with Gasteiger partial charge in [-0.15, -0.1) is 0 Å². The van der Waals surface area contributed by atoms with Crippen LogP contribution in [0.2, 0.25) is 0 Å². The normalized spacial score (nSPS) is 11.7. The van der Waals surface area contributed by atoms with E-state index in [0.29, 0.717) is 11.2 Å². The molecule has 2 heterocycles. The number of furan rings is 1. The van der Waals surface area contributed by atoms with Crippen LogP contribution in [0.4, 0.5) is 5.69 Å². The number of H-pyrrole nitrogens is 1. The molecule has 10 heteroatoms. The molecule has 22 heavy (non-hydrogen) atoms. The van der Waals surface area contributed by atoms with Crippen molar-refractivity contribution in [2.24, 2.45) is 5.14 Å². The smallest absolute Gasteiger partial charge is 0.417 e. The maximum atomic E-state index is 12.0. The van der Waals surface area contributed by atoms with E-state index < -0.39 is 26.8 Å². The first kappa shape index (κ1) is 14.1. The van der Waals surface area contributed by atoms with Crippen molar-refractivity contribution >= 4 is 32.7 Å². The average Bonchev–Trinajstić information content (AvgIpc) is 3.02. The number of sulfonamides is 1. The largest absolute Gasteiger partial charge is 0.438 e. The van der Waals surface area contributed by atoms with E-state index in [0.717, 1.165) is 6.07 Å². The Balaban J connectivity index is 1.86. The van der Waals surface area contributed by atoms with Crippen molar-refractivity contribution in [2.75, 3.05) is 5.32 Å². The fourth-order valence-electron chi connectivity index (χ4n) is 1.81. The third kappa shape index (κ3) is 2.64. The predicted molar refractivity (Wildman–Crippen MR) is 74.9 cm³/mol. The highest BCUT2D eigenvalue weighted by Gasteiger charge is 2.17. The summed E-state index contributed by atoms with van der Waals surface area (Å²) in [5.41, 5.74) is 1.10. The molecule has 0 atom stereocenters. The summed E-state index contributed by atoms with van der Waals surface area (Å²) in [6.45, 7) is 0. The summed E-state index contributed by atoms with van der Waals surface area (Å²) in [7, 11) is -4.01. The first-order valence-electron chi connectivity index (χ1n) is 5.90. The van der Waals surface area contributed by atoms with Crippen molar-refractivity contribution in [3.05, 3.63) is 46.6 Å². The quantitative estimate of drug-likeness (QED) is 0.643. The molecule has 0 saturated carbocycles. The van der Waals surface area contributed by atoms with E-state index in [1.54, 1.807) is 6.07 Å². The minimum absolute atomic E-state index is 0.223. The standard InChI is InChI=1S/C12H9N3O6S/c13-22(18,19)10-4-3-8(20-10)11(16)14-6-1-2-7-9(5-6)21-12(17)15-7/h1-5H,(H,14,16)(H,15,17)(H2,13,18,19). The summed E-state index contributed by atoms with van der Waals surface area (Å²) in [5.74, 6) is -1.51. The molecule has 1 amide bonds. The number of hydrogen-bond donors (Lipinski definition) is 3. The average molecular weight is 323 g/mol. The van der Waals surface area contributed by atoms with Crippen LogP contribution < -0.4 is 16.2 Å². The molecule has 2 aromatic heterocycles. The lowest BCUT2D eigenvalue weighted by Crippen LogP contribution is -2.12. The maximum absolute atomic E-state index is 12.0. The monoisotopic (exact) mass is 323 g/mol. The molecule has 3 rings (SSSR count). The van der Waals surface area contributed by atoms with Crippen LogP contribution in [0.15, 0.2) is 49.1 Å². The lowest BCUT2D eigenvalue weighted by atomic mass is 10.3. The van der Waals surface area contributed by atoms with Crippen LogP contribution in [-0.2, 0) is 10.0 Å². The molecule has 0 spiro atoms. The van der Waals surface area contributed by atoms with Gasteiger partial charge in [-0.2, -0.15) is 0 Å². The first-order valence-corrected chi connectivity index (χ1v) is 7.44. The number of nitrogens with two attached hydrogens (primary N) is 1. The minimum atomic E-state index is -4.01. The van der Waals surface area contributed by atoms with Crippen LogP contribution in [-0.4, -0.2) is 19.3 Å². The molecule has 0 aliphatic heterocycles. The van der Waals surface area contributed by atoms with Crippen LogP contribution >= 0.6 is 0 Å². The minimum Gasteiger partial charge on any atom is -0.438 e. The first-order chi connectivity index (χ1) is 10.3. The molecule has 0 fully saturated rings. The van der Waals surface area contributed by atoms with Gasteiger partial charge in [0.15, 0.2) is 11.3 Å². The number of benzene rings is 1. The van der Waals surface area contributed by atoms with Crippen LogP contribution in [0.3, 0.4) is 0 Å². The molecule has 0 bridgehead atoms. The predicted octanol–water partition coefficient (Wildman–Crippen LogP) is 0.614. The van der Waals surface area contributed by atoms with Gasteiger partial charge in [-0.25, -0.2) is 18.4 Å². The zero-order valence-corrected chi connectivity index (χ0v) is 11.6. The van der Waals surface area contributed by atoms with Crippen LogP contribution in [0.25, 0.3) is 11.1 Å². The molecule has 9 nitrogen and oxygen atoms in total. The molecule has 1 aromatic carbocycles. The number of primary sulfonamides is 1. The van der Waals surface area contributed by atoms with E-state index in [9.17, 15) is 18.0 Å². The van der Waals surface area contributed by atoms with Gasteiger partial charge in [0.05, 0.1) is 5.52 Å². The number of carbonyl (C=O) groups excluding carboxylic acids is 1. The van der Waals surface area contributed by atoms with Crippen molar-refractivity contribution in [1.29, 1.82) is 0 Å². The molecular formula is C12H9N3O6S. The van der Waals surface area contributed by atoms with Gasteiger partial charge in [0.25, 0.3) is 15.9 Å². The van der Waals surface area contributed by atoms with Gasteiger partial charge in [-0.3, -0.25) is 9.78 Å². The van der Waals surface area contributed by atoms with Crippen LogP contribution in [0, 0.1) is 0 Å². The second kappa shape index (κ2) is 4.86. The zero-order valence-electron chi connectivity index (χ0n) is 10.8. The Morgan fingerprint density at radius 3 is 2.64 bits per heavy atom. The fraction of sp³-hybridized carbons (Fsp3) is 0. The topological polar surface area (TPSA) is 148 Å². The molecule has 114 valence electrons. The summed E-state index contributed by atoms with van der Waals surface area (Å²) in [6.07, 6.45) is 0. The number of nitrogens with one attached hydrogen (secondary N) is 2. The number of anilines is 1. The second-order valence-corrected chi connectivity index (χ2v) is 5.84. The van der Waals surface area contributed by atoms with Crippen molar-refractivity contribution in [1.82, 2.24) is 4.98 Å². The van der Waals surface area contributed by atoms with E-state index in [-0.39, 0.29) is 11.3 Å². The van der Waals surface area contributed by atoms with Gasteiger partial charge in [0, 0.05) is 11.8 Å². The van der Waals surface area contributed by atoms with Crippen LogP contribution in [0.5, 0.6) is 0 Å². The Labute approximate surface area is 122 Å². The molecule has 0 unspecified atom stereocenters. The van der Waals surface area contributed by atoms with Crippen LogP contribution in [0.1, 0.15) is 10.6 Å². The van der Waals surface area contributed by atoms with Gasteiger partial charge in [-0.05, 0) is 24.3 Å². The summed E-state index contributed by atoms with van der Waals surface area (Å²) >= 11 is 0. The lowest BCUT2D eigenvalue weighted by molar-refractivity contribution is 0.0991. The van der Waals surface area contributed by atoms with E-state index in [4.69, 9.17) is 14.0 Å². The van der Waals surface area contributed by atoms with Gasteiger partial charge >= 0.3 is 5.76 Å². The SMILES string of the molecule is NS(=O)(=O)c1ccc(C(=O)Nc2ccc3[nH]c(=O)oc3c2)o1. The van der Waals surface area contributed by atoms with Crippen molar-refractivity contribution in [3.8, 4) is 0 Å². The number of aromatic nitrogens is 1. The highest BCUT2D eigenvalue weighted by molar-refractivity contribution is 7.89. The molecule has 0 aliphatic rings. The maximum Gasteiger partial charge on any atom is 0.417 e. The summed E-state index contributed by atoms with van der Waals surface area (Å²) in [5, 5.41) is 6.86. The number of oxazole rings is 1. The van der Waals surface area contributed by atoms with Gasteiger partial charge in [0.2, 0.25) is 5.09 Å². The second-order valence-electron chi connectivity index (χ2n) is 4.34. The highest BCUT2D eigenvalue weighted by Crippen LogP contribution is 2.18. The Kier molecular flexibility index (Phi) is 3.11. The number of amides is 1. The van der Waals surface area contributed by atoms with E-state index in [1.165, 1.54) is 18.2 Å². The summed E-state index contributed by atoms with van der Waals surface area (Å²) in [6, 6.07) is 6.79. The van der Waals surface area contributed by atoms with Crippen molar-refractivity contribution < 1.29 is 22.0 Å². The van der Waals surface area contributed by atoms with Gasteiger partial charge < -0.3 is 14.2 Å². The van der Waals surface area contributed by atoms with Crippen molar-refractivity contribution in [2.45, 2.75) is 5.09 Å². The van der Waals surface area contributed by atoms with E-state index in [1.807, 2.05) is 0 Å². The van der Waals surface area contributed by atoms with E-state index >= 15 is 0 Å². The summed E-state index contributed by atoms with van der Waals surface area (Å²) in [4.78, 5) is 25.5. The molecular weight excluding hydrogens is 314 g/mol. The highest BCUT2D eigenvalue weighted by atomic mass is 32.2. The third-order valence-electron chi connectivity index (χ3n) is 2.76. The molecule has 0 aliphatic carbocycles. The molecule has 0 radical (unpaired) electrons. The number of rotatable bonds is 3. The van der Waals surface area contributed by atoms with E-state index in [2.05, 4.69) is 10.3 Å². The number of carbonyl (C=O) groups is 1. The van der Waals surface area contributed by atoms with Crippen molar-refractivity contribution in [3.63, 3.8) is 0 Å². The summed E-state index contributed by atoms with van der Waals surface area (Å²) < 4.78 is 31.9. The Morgan fingerprint density at radius 1 is 1.18 bits per heavy atom. The zero-order chi connectivity index (χ0) is 15.9. The fourth-order valence-corrected chi connectivity index (χ4v) is 2.27. The number of hydrogen-bond acceptors (Lipinski definition) is 6. The third-order valence-corrected chi connectivity index (χ3v) is 3.54. The van der Waals surface area contributed by atoms with Gasteiger partial charge in [0.1, 0.15) is 0 Å².